The minimum absolute atomic E-state index is 0.0267. The Bertz CT molecular complexity index is 1250. The van der Waals surface area contributed by atoms with Crippen molar-refractivity contribution in [3.63, 3.8) is 0 Å². The number of morpholine rings is 1. The number of ether oxygens (including phenoxy) is 1. The Morgan fingerprint density at radius 1 is 1.21 bits per heavy atom. The molecule has 0 saturated carbocycles. The number of carbonyl (C=O) groups excluding carboxylic acids is 2. The summed E-state index contributed by atoms with van der Waals surface area (Å²) >= 11 is 0. The van der Waals surface area contributed by atoms with Gasteiger partial charge in [0.2, 0.25) is 0 Å². The third-order valence-corrected chi connectivity index (χ3v) is 6.72. The molecule has 0 unspecified atom stereocenters. The number of nitrogens with zero attached hydrogens (tertiary/aromatic N) is 6. The van der Waals surface area contributed by atoms with Gasteiger partial charge < -0.3 is 25.2 Å². The van der Waals surface area contributed by atoms with Crippen molar-refractivity contribution in [3.8, 4) is 0 Å². The van der Waals surface area contributed by atoms with Gasteiger partial charge in [-0.3, -0.25) is 9.59 Å². The van der Waals surface area contributed by atoms with Crippen molar-refractivity contribution >= 4 is 29.0 Å². The second kappa shape index (κ2) is 8.65. The molecule has 0 aromatic carbocycles. The SMILES string of the molecule is O=C(Nc1cc2c(nc1N1CCOCC1)C(=O)N(C1CCNCC1)C2)c1cnn2cccnc12. The van der Waals surface area contributed by atoms with Gasteiger partial charge in [0.05, 0.1) is 25.1 Å². The first-order valence-corrected chi connectivity index (χ1v) is 11.7. The highest BCUT2D eigenvalue weighted by molar-refractivity contribution is 6.09. The third kappa shape index (κ3) is 3.66. The molecule has 3 aliphatic heterocycles. The first kappa shape index (κ1) is 21.0. The van der Waals surface area contributed by atoms with Gasteiger partial charge in [-0.25, -0.2) is 14.5 Å². The van der Waals surface area contributed by atoms with Gasteiger partial charge in [0, 0.05) is 43.6 Å². The van der Waals surface area contributed by atoms with Crippen LogP contribution in [-0.4, -0.2) is 81.7 Å². The minimum Gasteiger partial charge on any atom is -0.378 e. The molecule has 0 aliphatic carbocycles. The Morgan fingerprint density at radius 2 is 2.03 bits per heavy atom. The maximum atomic E-state index is 13.3. The maximum absolute atomic E-state index is 13.3. The number of piperidine rings is 1. The second-order valence-electron chi connectivity index (χ2n) is 8.78. The molecule has 34 heavy (non-hydrogen) atoms. The lowest BCUT2D eigenvalue weighted by molar-refractivity contribution is 0.0664. The van der Waals surface area contributed by atoms with Crippen molar-refractivity contribution in [2.45, 2.75) is 25.4 Å². The fraction of sp³-hybridized carbons (Fsp3) is 0.435. The Morgan fingerprint density at radius 3 is 2.85 bits per heavy atom. The van der Waals surface area contributed by atoms with Crippen LogP contribution >= 0.6 is 0 Å². The van der Waals surface area contributed by atoms with Gasteiger partial charge >= 0.3 is 0 Å². The number of amides is 2. The first-order chi connectivity index (χ1) is 16.7. The van der Waals surface area contributed by atoms with Crippen LogP contribution in [-0.2, 0) is 11.3 Å². The average molecular weight is 463 g/mol. The number of fused-ring (bicyclic) bond motifs is 2. The van der Waals surface area contributed by atoms with Gasteiger partial charge in [-0.1, -0.05) is 0 Å². The first-order valence-electron chi connectivity index (χ1n) is 11.7. The normalized spacial score (nSPS) is 19.0. The van der Waals surface area contributed by atoms with E-state index in [9.17, 15) is 9.59 Å². The molecule has 2 saturated heterocycles. The van der Waals surface area contributed by atoms with E-state index in [2.05, 4.69) is 25.6 Å². The summed E-state index contributed by atoms with van der Waals surface area (Å²) in [6, 6.07) is 3.87. The van der Waals surface area contributed by atoms with Gasteiger partial charge in [-0.2, -0.15) is 5.10 Å². The molecule has 3 aromatic rings. The Kier molecular flexibility index (Phi) is 5.34. The molecule has 6 rings (SSSR count). The highest BCUT2D eigenvalue weighted by Gasteiger charge is 2.36. The van der Waals surface area contributed by atoms with Crippen LogP contribution in [0, 0.1) is 0 Å². The molecular weight excluding hydrogens is 436 g/mol. The van der Waals surface area contributed by atoms with Gasteiger partial charge in [0.15, 0.2) is 11.5 Å². The fourth-order valence-electron chi connectivity index (χ4n) is 4.94. The van der Waals surface area contributed by atoms with Crippen molar-refractivity contribution in [2.24, 2.45) is 0 Å². The van der Waals surface area contributed by atoms with E-state index >= 15 is 0 Å². The van der Waals surface area contributed by atoms with Crippen LogP contribution in [0.4, 0.5) is 11.5 Å². The van der Waals surface area contributed by atoms with E-state index in [0.717, 1.165) is 31.5 Å². The third-order valence-electron chi connectivity index (χ3n) is 6.72. The molecule has 2 fully saturated rings. The number of rotatable bonds is 4. The number of hydrogen-bond donors (Lipinski definition) is 2. The zero-order valence-corrected chi connectivity index (χ0v) is 18.7. The predicted octanol–water partition coefficient (Wildman–Crippen LogP) is 0.921. The van der Waals surface area contributed by atoms with Crippen molar-refractivity contribution in [3.05, 3.63) is 47.5 Å². The Labute approximate surface area is 196 Å². The summed E-state index contributed by atoms with van der Waals surface area (Å²) in [5.41, 5.74) is 2.76. The number of hydrogen-bond acceptors (Lipinski definition) is 8. The van der Waals surface area contributed by atoms with E-state index in [1.807, 2.05) is 11.0 Å². The van der Waals surface area contributed by atoms with Crippen LogP contribution in [0.1, 0.15) is 39.3 Å². The number of carbonyl (C=O) groups is 2. The molecule has 2 amide bonds. The van der Waals surface area contributed by atoms with E-state index in [1.54, 1.807) is 23.0 Å². The highest BCUT2D eigenvalue weighted by atomic mass is 16.5. The lowest BCUT2D eigenvalue weighted by Crippen LogP contribution is -2.43. The van der Waals surface area contributed by atoms with Crippen molar-refractivity contribution in [1.29, 1.82) is 0 Å². The van der Waals surface area contributed by atoms with E-state index in [4.69, 9.17) is 9.72 Å². The molecule has 0 radical (unpaired) electrons. The smallest absolute Gasteiger partial charge is 0.273 e. The molecule has 11 nitrogen and oxygen atoms in total. The summed E-state index contributed by atoms with van der Waals surface area (Å²) < 4.78 is 7.07. The standard InChI is InChI=1S/C23H26N8O3/c32-22(17-13-26-31-7-1-4-25-20(17)31)27-18-12-15-14-30(16-2-5-24-6-3-16)23(33)19(15)28-21(18)29-8-10-34-11-9-29/h1,4,7,12-13,16,24H,2-3,5-6,8-11,14H2,(H,27,32). The van der Waals surface area contributed by atoms with Gasteiger partial charge in [-0.05, 0) is 38.1 Å². The van der Waals surface area contributed by atoms with E-state index in [1.165, 1.54) is 6.20 Å². The molecule has 3 aliphatic rings. The van der Waals surface area contributed by atoms with Crippen LogP contribution in [0.2, 0.25) is 0 Å². The van der Waals surface area contributed by atoms with Crippen molar-refractivity contribution in [2.75, 3.05) is 49.6 Å². The van der Waals surface area contributed by atoms with Crippen LogP contribution in [0.3, 0.4) is 0 Å². The fourth-order valence-corrected chi connectivity index (χ4v) is 4.94. The summed E-state index contributed by atoms with van der Waals surface area (Å²) in [6.45, 7) is 4.74. The van der Waals surface area contributed by atoms with Crippen LogP contribution < -0.4 is 15.5 Å². The predicted molar refractivity (Wildman–Crippen MR) is 124 cm³/mol. The molecular formula is C23H26N8O3. The quantitative estimate of drug-likeness (QED) is 0.588. The monoisotopic (exact) mass is 462 g/mol. The van der Waals surface area contributed by atoms with E-state index < -0.39 is 0 Å². The Balaban J connectivity index is 1.35. The molecule has 0 bridgehead atoms. The number of nitrogens with one attached hydrogen (secondary N) is 2. The molecule has 6 heterocycles. The molecule has 11 heteroatoms. The molecule has 0 atom stereocenters. The van der Waals surface area contributed by atoms with E-state index in [-0.39, 0.29) is 17.9 Å². The number of pyridine rings is 1. The van der Waals surface area contributed by atoms with Crippen LogP contribution in [0.15, 0.2) is 30.7 Å². The van der Waals surface area contributed by atoms with Crippen molar-refractivity contribution in [1.82, 2.24) is 29.8 Å². The second-order valence-corrected chi connectivity index (χ2v) is 8.78. The molecule has 2 N–H and O–H groups in total. The van der Waals surface area contributed by atoms with Gasteiger partial charge in [0.25, 0.3) is 11.8 Å². The summed E-state index contributed by atoms with van der Waals surface area (Å²) in [6.07, 6.45) is 6.75. The average Bonchev–Trinajstić information content (AvgIpc) is 3.46. The molecule has 3 aromatic heterocycles. The zero-order chi connectivity index (χ0) is 23.1. The zero-order valence-electron chi connectivity index (χ0n) is 18.7. The topological polar surface area (TPSA) is 117 Å². The van der Waals surface area contributed by atoms with Crippen LogP contribution in [0.25, 0.3) is 5.65 Å². The largest absolute Gasteiger partial charge is 0.378 e. The Hall–Kier alpha value is -3.57. The maximum Gasteiger partial charge on any atom is 0.273 e. The molecule has 176 valence electrons. The van der Waals surface area contributed by atoms with Gasteiger partial charge in [0.1, 0.15) is 11.3 Å². The summed E-state index contributed by atoms with van der Waals surface area (Å²) in [4.78, 5) is 39.6. The lowest BCUT2D eigenvalue weighted by atomic mass is 10.1. The summed E-state index contributed by atoms with van der Waals surface area (Å²) in [5.74, 6) is 0.256. The highest BCUT2D eigenvalue weighted by Crippen LogP contribution is 2.34. The number of anilines is 2. The van der Waals surface area contributed by atoms with Crippen LogP contribution in [0.5, 0.6) is 0 Å². The summed E-state index contributed by atoms with van der Waals surface area (Å²) in [7, 11) is 0. The number of aromatic nitrogens is 4. The lowest BCUT2D eigenvalue weighted by Gasteiger charge is -2.31. The molecule has 0 spiro atoms. The van der Waals surface area contributed by atoms with E-state index in [0.29, 0.717) is 61.3 Å². The minimum atomic E-state index is -0.315. The van der Waals surface area contributed by atoms with Crippen molar-refractivity contribution < 1.29 is 14.3 Å². The summed E-state index contributed by atoms with van der Waals surface area (Å²) in [5, 5.41) is 10.6. The van der Waals surface area contributed by atoms with Gasteiger partial charge in [-0.15, -0.1) is 0 Å².